The zero-order valence-corrected chi connectivity index (χ0v) is 19.0. The number of carbonyl (C=O) groups is 1. The first-order valence-corrected chi connectivity index (χ1v) is 12.9. The predicted octanol–water partition coefficient (Wildman–Crippen LogP) is 3.15. The Morgan fingerprint density at radius 3 is 2.88 bits per heavy atom. The third-order valence-corrected chi connectivity index (χ3v) is 8.23. The van der Waals surface area contributed by atoms with Gasteiger partial charge in [-0.05, 0) is 42.5 Å². The van der Waals surface area contributed by atoms with E-state index in [2.05, 4.69) is 15.4 Å². The number of nitrogens with one attached hydrogen (secondary N) is 1. The summed E-state index contributed by atoms with van der Waals surface area (Å²) < 4.78 is 25.9. The first-order chi connectivity index (χ1) is 15.4. The molecule has 8 nitrogen and oxygen atoms in total. The van der Waals surface area contributed by atoms with Crippen LogP contribution in [0.3, 0.4) is 0 Å². The van der Waals surface area contributed by atoms with Gasteiger partial charge in [0, 0.05) is 18.9 Å². The second kappa shape index (κ2) is 8.10. The summed E-state index contributed by atoms with van der Waals surface area (Å²) in [5.41, 5.74) is 3.24. The summed E-state index contributed by atoms with van der Waals surface area (Å²) in [5.74, 6) is -0.0570. The van der Waals surface area contributed by atoms with Gasteiger partial charge in [-0.1, -0.05) is 12.1 Å². The van der Waals surface area contributed by atoms with Gasteiger partial charge < -0.3 is 5.32 Å². The van der Waals surface area contributed by atoms with Crippen LogP contribution in [-0.4, -0.2) is 45.6 Å². The summed E-state index contributed by atoms with van der Waals surface area (Å²) in [5, 5.41) is 10.2. The smallest absolute Gasteiger partial charge is 0.252 e. The molecule has 0 aliphatic carbocycles. The average Bonchev–Trinajstić information content (AvgIpc) is 3.51. The van der Waals surface area contributed by atoms with Crippen molar-refractivity contribution >= 4 is 38.1 Å². The van der Waals surface area contributed by atoms with E-state index in [1.165, 1.54) is 11.3 Å². The zero-order valence-electron chi connectivity index (χ0n) is 17.4. The average molecular weight is 468 g/mol. The molecule has 4 aromatic heterocycles. The van der Waals surface area contributed by atoms with Gasteiger partial charge in [0.1, 0.15) is 0 Å². The van der Waals surface area contributed by atoms with E-state index in [0.29, 0.717) is 41.0 Å². The Kier molecular flexibility index (Phi) is 5.26. The summed E-state index contributed by atoms with van der Waals surface area (Å²) in [4.78, 5) is 23.1. The normalized spacial score (nSPS) is 17.6. The number of amides is 1. The van der Waals surface area contributed by atoms with Crippen molar-refractivity contribution in [2.24, 2.45) is 0 Å². The molecule has 1 fully saturated rings. The Balaban J connectivity index is 1.60. The molecule has 0 spiro atoms. The van der Waals surface area contributed by atoms with Crippen molar-refractivity contribution in [1.29, 1.82) is 0 Å². The first-order valence-electron chi connectivity index (χ1n) is 10.2. The summed E-state index contributed by atoms with van der Waals surface area (Å²) in [7, 11) is -3.09. The molecule has 1 N–H and O–H groups in total. The molecule has 10 heteroatoms. The van der Waals surface area contributed by atoms with Gasteiger partial charge in [-0.25, -0.2) is 18.1 Å². The van der Waals surface area contributed by atoms with Gasteiger partial charge in [-0.15, -0.1) is 11.3 Å². The fourth-order valence-corrected chi connectivity index (χ4v) is 6.42. The second-order valence-electron chi connectivity index (χ2n) is 7.86. The standard InChI is InChI=1S/C22H21N5O3S2/c1-14-20-17(22(28)24-12-15-4-2-7-23-11-15)10-18(19-5-3-8-31-19)25-21(20)27(26-14)16-6-9-32(29,30)13-16/h2-5,7-8,10-11,16H,6,9,12-13H2,1H3,(H,24,28)/t16-/m1/s1. The van der Waals surface area contributed by atoms with E-state index in [-0.39, 0.29) is 23.5 Å². The zero-order chi connectivity index (χ0) is 22.3. The largest absolute Gasteiger partial charge is 0.348 e. The molecule has 1 aliphatic rings. The maximum Gasteiger partial charge on any atom is 0.252 e. The molecule has 4 aromatic rings. The van der Waals surface area contributed by atoms with E-state index in [4.69, 9.17) is 4.98 Å². The number of nitrogens with zero attached hydrogens (tertiary/aromatic N) is 4. The molecule has 32 heavy (non-hydrogen) atoms. The van der Waals surface area contributed by atoms with Crippen LogP contribution < -0.4 is 5.32 Å². The number of rotatable bonds is 5. The van der Waals surface area contributed by atoms with Gasteiger partial charge >= 0.3 is 0 Å². The van der Waals surface area contributed by atoms with Gasteiger partial charge in [0.2, 0.25) is 0 Å². The number of aryl methyl sites for hydroxylation is 1. The van der Waals surface area contributed by atoms with Crippen LogP contribution in [0.1, 0.15) is 34.1 Å². The second-order valence-corrected chi connectivity index (χ2v) is 11.0. The number of pyridine rings is 2. The highest BCUT2D eigenvalue weighted by molar-refractivity contribution is 7.91. The molecule has 0 radical (unpaired) electrons. The molecular weight excluding hydrogens is 446 g/mol. The lowest BCUT2D eigenvalue weighted by molar-refractivity contribution is 0.0952. The topological polar surface area (TPSA) is 107 Å². The van der Waals surface area contributed by atoms with Gasteiger partial charge in [-0.2, -0.15) is 5.10 Å². The lowest BCUT2D eigenvalue weighted by Gasteiger charge is -2.12. The molecule has 164 valence electrons. The molecule has 5 heterocycles. The van der Waals surface area contributed by atoms with E-state index in [1.807, 2.05) is 36.6 Å². The Labute approximate surface area is 189 Å². The number of aromatic nitrogens is 4. The molecule has 0 bridgehead atoms. The van der Waals surface area contributed by atoms with E-state index in [1.54, 1.807) is 23.1 Å². The molecule has 1 amide bonds. The SMILES string of the molecule is Cc1nn([C@@H]2CCS(=O)(=O)C2)c2nc(-c3cccs3)cc(C(=O)NCc3cccnc3)c12. The van der Waals surface area contributed by atoms with Crippen LogP contribution in [0.15, 0.2) is 48.1 Å². The van der Waals surface area contributed by atoms with Crippen LogP contribution in [0.5, 0.6) is 0 Å². The number of hydrogen-bond donors (Lipinski definition) is 1. The lowest BCUT2D eigenvalue weighted by atomic mass is 10.1. The Bertz CT molecular complexity index is 1400. The Morgan fingerprint density at radius 2 is 2.19 bits per heavy atom. The quantitative estimate of drug-likeness (QED) is 0.483. The van der Waals surface area contributed by atoms with Gasteiger partial charge in [0.25, 0.3) is 5.91 Å². The van der Waals surface area contributed by atoms with Crippen LogP contribution in [0.2, 0.25) is 0 Å². The molecule has 1 aliphatic heterocycles. The van der Waals surface area contributed by atoms with E-state index < -0.39 is 9.84 Å². The van der Waals surface area contributed by atoms with Crippen LogP contribution >= 0.6 is 11.3 Å². The minimum atomic E-state index is -3.09. The first kappa shape index (κ1) is 20.8. The van der Waals surface area contributed by atoms with Crippen molar-refractivity contribution in [1.82, 2.24) is 25.1 Å². The molecular formula is C22H21N5O3S2. The Hall–Kier alpha value is -3.11. The van der Waals surface area contributed by atoms with Crippen molar-refractivity contribution < 1.29 is 13.2 Å². The number of fused-ring (bicyclic) bond motifs is 1. The number of hydrogen-bond acceptors (Lipinski definition) is 7. The summed E-state index contributed by atoms with van der Waals surface area (Å²) >= 11 is 1.53. The fourth-order valence-electron chi connectivity index (χ4n) is 4.05. The van der Waals surface area contributed by atoms with Gasteiger partial charge in [-0.3, -0.25) is 9.78 Å². The van der Waals surface area contributed by atoms with Gasteiger partial charge in [0.15, 0.2) is 15.5 Å². The third kappa shape index (κ3) is 3.91. The molecule has 5 rings (SSSR count). The van der Waals surface area contributed by atoms with E-state index in [9.17, 15) is 13.2 Å². The van der Waals surface area contributed by atoms with Crippen molar-refractivity contribution in [2.45, 2.75) is 25.9 Å². The fraction of sp³-hybridized carbons (Fsp3) is 0.273. The third-order valence-electron chi connectivity index (χ3n) is 5.59. The number of sulfone groups is 1. The van der Waals surface area contributed by atoms with Gasteiger partial charge in [0.05, 0.1) is 44.8 Å². The molecule has 0 aromatic carbocycles. The predicted molar refractivity (Wildman–Crippen MR) is 123 cm³/mol. The maximum atomic E-state index is 13.3. The van der Waals surface area contributed by atoms with Crippen molar-refractivity contribution in [2.75, 3.05) is 11.5 Å². The molecule has 1 saturated heterocycles. The molecule has 0 saturated carbocycles. The molecule has 1 atom stereocenters. The monoisotopic (exact) mass is 467 g/mol. The van der Waals surface area contributed by atoms with E-state index in [0.717, 1.165) is 10.4 Å². The summed E-state index contributed by atoms with van der Waals surface area (Å²) in [6.07, 6.45) is 3.89. The van der Waals surface area contributed by atoms with Crippen LogP contribution in [0, 0.1) is 6.92 Å². The van der Waals surface area contributed by atoms with Crippen molar-refractivity contribution in [3.8, 4) is 10.6 Å². The van der Waals surface area contributed by atoms with Crippen LogP contribution in [0.25, 0.3) is 21.6 Å². The van der Waals surface area contributed by atoms with Crippen LogP contribution in [-0.2, 0) is 16.4 Å². The van der Waals surface area contributed by atoms with Crippen LogP contribution in [0.4, 0.5) is 0 Å². The highest BCUT2D eigenvalue weighted by Crippen LogP contribution is 2.33. The number of thiophene rings is 1. The summed E-state index contributed by atoms with van der Waals surface area (Å²) in [6, 6.07) is 9.11. The Morgan fingerprint density at radius 1 is 1.31 bits per heavy atom. The summed E-state index contributed by atoms with van der Waals surface area (Å²) in [6.45, 7) is 2.17. The highest BCUT2D eigenvalue weighted by Gasteiger charge is 2.32. The van der Waals surface area contributed by atoms with Crippen molar-refractivity contribution in [3.63, 3.8) is 0 Å². The minimum Gasteiger partial charge on any atom is -0.348 e. The highest BCUT2D eigenvalue weighted by atomic mass is 32.2. The molecule has 0 unspecified atom stereocenters. The number of carbonyl (C=O) groups excluding carboxylic acids is 1. The van der Waals surface area contributed by atoms with Crippen molar-refractivity contribution in [3.05, 3.63) is 64.9 Å². The van der Waals surface area contributed by atoms with E-state index >= 15 is 0 Å². The minimum absolute atomic E-state index is 0.0384. The lowest BCUT2D eigenvalue weighted by Crippen LogP contribution is -2.23. The maximum absolute atomic E-state index is 13.3.